The highest BCUT2D eigenvalue weighted by Crippen LogP contribution is 2.34. The fraction of sp³-hybridized carbons (Fsp3) is 0.381. The van der Waals surface area contributed by atoms with Crippen LogP contribution >= 0.6 is 23.2 Å². The molecule has 1 fully saturated rings. The Labute approximate surface area is 173 Å². The number of carbonyl (C=O) groups excluding carboxylic acids is 1. The van der Waals surface area contributed by atoms with E-state index in [4.69, 9.17) is 23.2 Å². The lowest BCUT2D eigenvalue weighted by Crippen LogP contribution is -2.52. The number of benzene rings is 2. The van der Waals surface area contributed by atoms with Gasteiger partial charge in [-0.2, -0.15) is 0 Å². The number of nitrogens with one attached hydrogen (secondary N) is 1. The largest absolute Gasteiger partial charge is 0.343 e. The standard InChI is InChI=1S/C21H22Cl2F2N2O/c1-21(2,27-9-3-4-10-27)19(13-6-8-17(24)18(25)12-13)26-20(28)14-5-7-15(22)16(23)11-14/h5-8,11-12,19H,3-4,9-10H2,1-2H3,(H,26,28). The van der Waals surface area contributed by atoms with Gasteiger partial charge in [0, 0.05) is 11.1 Å². The Morgan fingerprint density at radius 1 is 1.04 bits per heavy atom. The highest BCUT2D eigenvalue weighted by atomic mass is 35.5. The molecule has 150 valence electrons. The fourth-order valence-corrected chi connectivity index (χ4v) is 3.99. The van der Waals surface area contributed by atoms with Crippen LogP contribution in [0.2, 0.25) is 10.0 Å². The summed E-state index contributed by atoms with van der Waals surface area (Å²) in [5.41, 5.74) is 0.343. The van der Waals surface area contributed by atoms with Crippen LogP contribution < -0.4 is 5.32 Å². The molecule has 0 aliphatic carbocycles. The first-order valence-corrected chi connectivity index (χ1v) is 9.91. The van der Waals surface area contributed by atoms with Crippen molar-refractivity contribution < 1.29 is 13.6 Å². The van der Waals surface area contributed by atoms with Gasteiger partial charge in [-0.05, 0) is 75.7 Å². The van der Waals surface area contributed by atoms with Crippen molar-refractivity contribution in [3.63, 3.8) is 0 Å². The predicted octanol–water partition coefficient (Wildman–Crippen LogP) is 5.62. The average Bonchev–Trinajstić information content (AvgIpc) is 3.19. The number of hydrogen-bond donors (Lipinski definition) is 1. The molecule has 0 spiro atoms. The third-order valence-electron chi connectivity index (χ3n) is 5.36. The minimum atomic E-state index is -0.941. The Morgan fingerprint density at radius 2 is 1.71 bits per heavy atom. The van der Waals surface area contributed by atoms with E-state index in [1.54, 1.807) is 12.1 Å². The molecule has 3 rings (SSSR count). The van der Waals surface area contributed by atoms with Crippen LogP contribution in [0.5, 0.6) is 0 Å². The van der Waals surface area contributed by atoms with E-state index in [1.165, 1.54) is 12.1 Å². The van der Waals surface area contributed by atoms with Crippen LogP contribution in [0.1, 0.15) is 48.7 Å². The van der Waals surface area contributed by atoms with Gasteiger partial charge in [-0.3, -0.25) is 9.69 Å². The van der Waals surface area contributed by atoms with Crippen LogP contribution in [0.25, 0.3) is 0 Å². The zero-order chi connectivity index (χ0) is 20.5. The van der Waals surface area contributed by atoms with Gasteiger partial charge in [0.25, 0.3) is 5.91 Å². The predicted molar refractivity (Wildman–Crippen MR) is 108 cm³/mol. The number of carbonyl (C=O) groups is 1. The van der Waals surface area contributed by atoms with Crippen molar-refractivity contribution in [3.8, 4) is 0 Å². The summed E-state index contributed by atoms with van der Waals surface area (Å²) >= 11 is 12.0. The minimum Gasteiger partial charge on any atom is -0.343 e. The van der Waals surface area contributed by atoms with Gasteiger partial charge < -0.3 is 5.32 Å². The number of likely N-dealkylation sites (tertiary alicyclic amines) is 1. The highest BCUT2D eigenvalue weighted by Gasteiger charge is 2.39. The van der Waals surface area contributed by atoms with Crippen molar-refractivity contribution in [1.82, 2.24) is 10.2 Å². The molecule has 0 aromatic heterocycles. The molecule has 2 aromatic rings. The maximum absolute atomic E-state index is 13.9. The molecule has 3 nitrogen and oxygen atoms in total. The smallest absolute Gasteiger partial charge is 0.251 e. The van der Waals surface area contributed by atoms with Crippen molar-refractivity contribution in [2.45, 2.75) is 38.3 Å². The molecule has 1 N–H and O–H groups in total. The molecule has 1 atom stereocenters. The fourth-order valence-electron chi connectivity index (χ4n) is 3.69. The number of rotatable bonds is 5. The second-order valence-corrected chi connectivity index (χ2v) is 8.37. The molecule has 0 saturated carbocycles. The van der Waals surface area contributed by atoms with E-state index in [2.05, 4.69) is 10.2 Å². The second kappa shape index (κ2) is 8.36. The van der Waals surface area contributed by atoms with E-state index in [0.29, 0.717) is 16.1 Å². The molecular weight excluding hydrogens is 405 g/mol. The number of hydrogen-bond acceptors (Lipinski definition) is 2. The van der Waals surface area contributed by atoms with Crippen molar-refractivity contribution in [2.24, 2.45) is 0 Å². The Balaban J connectivity index is 1.96. The third kappa shape index (κ3) is 4.32. The molecule has 1 unspecified atom stereocenters. The van der Waals surface area contributed by atoms with Crippen molar-refractivity contribution in [2.75, 3.05) is 13.1 Å². The quantitative estimate of drug-likeness (QED) is 0.672. The van der Waals surface area contributed by atoms with Crippen molar-refractivity contribution in [3.05, 3.63) is 69.2 Å². The lowest BCUT2D eigenvalue weighted by molar-refractivity contribution is 0.0778. The zero-order valence-corrected chi connectivity index (χ0v) is 17.2. The molecule has 1 saturated heterocycles. The first kappa shape index (κ1) is 21.0. The molecule has 0 radical (unpaired) electrons. The topological polar surface area (TPSA) is 32.3 Å². The Morgan fingerprint density at radius 3 is 2.32 bits per heavy atom. The first-order chi connectivity index (χ1) is 13.2. The molecular formula is C21H22Cl2F2N2O. The van der Waals surface area contributed by atoms with Crippen molar-refractivity contribution in [1.29, 1.82) is 0 Å². The van der Waals surface area contributed by atoms with Crippen molar-refractivity contribution >= 4 is 29.1 Å². The summed E-state index contributed by atoms with van der Waals surface area (Å²) in [6, 6.07) is 7.81. The summed E-state index contributed by atoms with van der Waals surface area (Å²) in [7, 11) is 0. The van der Waals surface area contributed by atoms with Crippen LogP contribution in [-0.4, -0.2) is 29.4 Å². The van der Waals surface area contributed by atoms with Crippen LogP contribution in [0.4, 0.5) is 8.78 Å². The van der Waals surface area contributed by atoms with Gasteiger partial charge in [-0.1, -0.05) is 29.3 Å². The minimum absolute atomic E-state index is 0.275. The molecule has 7 heteroatoms. The highest BCUT2D eigenvalue weighted by molar-refractivity contribution is 6.42. The molecule has 0 bridgehead atoms. The summed E-state index contributed by atoms with van der Waals surface area (Å²) in [5.74, 6) is -2.22. The van der Waals surface area contributed by atoms with Gasteiger partial charge in [0.2, 0.25) is 0 Å². The summed E-state index contributed by atoms with van der Waals surface area (Å²) < 4.78 is 27.4. The molecule has 1 amide bonds. The van der Waals surface area contributed by atoms with E-state index in [0.717, 1.165) is 38.1 Å². The van der Waals surface area contributed by atoms with E-state index in [9.17, 15) is 13.6 Å². The van der Waals surface area contributed by atoms with E-state index in [1.807, 2.05) is 13.8 Å². The van der Waals surface area contributed by atoms with Crippen LogP contribution in [0.15, 0.2) is 36.4 Å². The lowest BCUT2D eigenvalue weighted by Gasteiger charge is -2.42. The lowest BCUT2D eigenvalue weighted by atomic mass is 9.86. The Hall–Kier alpha value is -1.69. The van der Waals surface area contributed by atoms with Gasteiger partial charge in [-0.15, -0.1) is 0 Å². The Bertz CT molecular complexity index is 883. The first-order valence-electron chi connectivity index (χ1n) is 9.16. The molecule has 1 heterocycles. The number of halogens is 4. The normalized spacial score (nSPS) is 16.2. The summed E-state index contributed by atoms with van der Waals surface area (Å²) in [5, 5.41) is 3.62. The SMILES string of the molecule is CC(C)(C(NC(=O)c1ccc(Cl)c(Cl)c1)c1ccc(F)c(F)c1)N1CCCC1. The van der Waals surface area contributed by atoms with Crippen LogP contribution in [-0.2, 0) is 0 Å². The maximum Gasteiger partial charge on any atom is 0.251 e. The zero-order valence-electron chi connectivity index (χ0n) is 15.7. The Kier molecular flexibility index (Phi) is 6.28. The van der Waals surface area contributed by atoms with Gasteiger partial charge in [0.05, 0.1) is 16.1 Å². The molecule has 1 aliphatic heterocycles. The van der Waals surface area contributed by atoms with Crippen LogP contribution in [0, 0.1) is 11.6 Å². The maximum atomic E-state index is 13.9. The monoisotopic (exact) mass is 426 g/mol. The number of amides is 1. The van der Waals surface area contributed by atoms with E-state index >= 15 is 0 Å². The van der Waals surface area contributed by atoms with E-state index < -0.39 is 23.2 Å². The molecule has 2 aromatic carbocycles. The second-order valence-electron chi connectivity index (χ2n) is 7.56. The van der Waals surface area contributed by atoms with Gasteiger partial charge >= 0.3 is 0 Å². The van der Waals surface area contributed by atoms with E-state index in [-0.39, 0.29) is 10.9 Å². The van der Waals surface area contributed by atoms with Gasteiger partial charge in [0.1, 0.15) is 0 Å². The van der Waals surface area contributed by atoms with Gasteiger partial charge in [0.15, 0.2) is 11.6 Å². The summed E-state index contributed by atoms with van der Waals surface area (Å²) in [6.07, 6.45) is 2.13. The summed E-state index contributed by atoms with van der Waals surface area (Å²) in [4.78, 5) is 15.2. The molecule has 28 heavy (non-hydrogen) atoms. The van der Waals surface area contributed by atoms with Gasteiger partial charge in [-0.25, -0.2) is 8.78 Å². The molecule has 1 aliphatic rings. The number of nitrogens with zero attached hydrogens (tertiary/aromatic N) is 1. The third-order valence-corrected chi connectivity index (χ3v) is 6.10. The summed E-state index contributed by atoms with van der Waals surface area (Å²) in [6.45, 7) is 5.77. The van der Waals surface area contributed by atoms with Crippen LogP contribution in [0.3, 0.4) is 0 Å². The average molecular weight is 427 g/mol.